The zero-order valence-corrected chi connectivity index (χ0v) is 10.5. The summed E-state index contributed by atoms with van der Waals surface area (Å²) in [5, 5.41) is 0. The van der Waals surface area contributed by atoms with E-state index in [1.54, 1.807) is 0 Å². The molecule has 0 spiro atoms. The van der Waals surface area contributed by atoms with Gasteiger partial charge in [0.15, 0.2) is 0 Å². The smallest absolute Gasteiger partial charge is 0.0310 e. The van der Waals surface area contributed by atoms with Gasteiger partial charge in [0, 0.05) is 4.75 Å². The van der Waals surface area contributed by atoms with Gasteiger partial charge in [-0.3, -0.25) is 0 Å². The summed E-state index contributed by atoms with van der Waals surface area (Å²) in [6.45, 7) is 6.69. The van der Waals surface area contributed by atoms with Crippen LogP contribution in [0.4, 0.5) is 0 Å². The molecule has 14 heavy (non-hydrogen) atoms. The molecule has 0 aromatic rings. The van der Waals surface area contributed by atoms with Gasteiger partial charge in [-0.1, -0.05) is 43.6 Å². The molecule has 0 heterocycles. The fourth-order valence-electron chi connectivity index (χ4n) is 1.88. The van der Waals surface area contributed by atoms with Gasteiger partial charge in [-0.25, -0.2) is 0 Å². The highest BCUT2D eigenvalue weighted by Gasteiger charge is 2.23. The minimum Gasteiger partial charge on any atom is -0.168 e. The fraction of sp³-hybridized carbons (Fsp3) is 0.692. The maximum Gasteiger partial charge on any atom is 0.0310 e. The summed E-state index contributed by atoms with van der Waals surface area (Å²) in [4.78, 5) is 0. The molecule has 1 rings (SSSR count). The Balaban J connectivity index is 2.76. The SMILES string of the molecule is CCCC1=CCCC(C(C)(S)CC)=C1. The fourth-order valence-corrected chi connectivity index (χ4v) is 2.06. The van der Waals surface area contributed by atoms with E-state index in [1.807, 2.05) is 0 Å². The van der Waals surface area contributed by atoms with Crippen LogP contribution >= 0.6 is 12.6 Å². The molecule has 1 aliphatic carbocycles. The van der Waals surface area contributed by atoms with Gasteiger partial charge >= 0.3 is 0 Å². The van der Waals surface area contributed by atoms with Crippen LogP contribution < -0.4 is 0 Å². The molecule has 0 radical (unpaired) electrons. The Hall–Kier alpha value is -0.170. The van der Waals surface area contributed by atoms with Crippen molar-refractivity contribution < 1.29 is 0 Å². The Morgan fingerprint density at radius 3 is 2.71 bits per heavy atom. The van der Waals surface area contributed by atoms with Crippen LogP contribution in [0.1, 0.15) is 52.9 Å². The van der Waals surface area contributed by atoms with Gasteiger partial charge in [0.1, 0.15) is 0 Å². The number of allylic oxidation sites excluding steroid dienone is 3. The molecular formula is C13H22S. The summed E-state index contributed by atoms with van der Waals surface area (Å²) in [7, 11) is 0. The van der Waals surface area contributed by atoms with Crippen molar-refractivity contribution in [3.63, 3.8) is 0 Å². The summed E-state index contributed by atoms with van der Waals surface area (Å²) in [5.74, 6) is 0. The lowest BCUT2D eigenvalue weighted by molar-refractivity contribution is 0.671. The van der Waals surface area contributed by atoms with Crippen LogP contribution in [0, 0.1) is 0 Å². The molecule has 0 saturated heterocycles. The van der Waals surface area contributed by atoms with Gasteiger partial charge in [0.05, 0.1) is 0 Å². The van der Waals surface area contributed by atoms with Gasteiger partial charge in [0.2, 0.25) is 0 Å². The number of hydrogen-bond acceptors (Lipinski definition) is 1. The molecule has 80 valence electrons. The van der Waals surface area contributed by atoms with Crippen molar-refractivity contribution >= 4 is 12.6 Å². The monoisotopic (exact) mass is 210 g/mol. The first-order valence-corrected chi connectivity index (χ1v) is 6.17. The van der Waals surface area contributed by atoms with Crippen molar-refractivity contribution in [2.45, 2.75) is 57.6 Å². The summed E-state index contributed by atoms with van der Waals surface area (Å²) >= 11 is 4.74. The number of hydrogen-bond donors (Lipinski definition) is 1. The zero-order valence-electron chi connectivity index (χ0n) is 9.64. The second kappa shape index (κ2) is 5.06. The van der Waals surface area contributed by atoms with E-state index in [1.165, 1.54) is 36.8 Å². The summed E-state index contributed by atoms with van der Waals surface area (Å²) in [5.41, 5.74) is 3.04. The lowest BCUT2D eigenvalue weighted by Crippen LogP contribution is -2.19. The lowest BCUT2D eigenvalue weighted by Gasteiger charge is -2.28. The quantitative estimate of drug-likeness (QED) is 0.647. The van der Waals surface area contributed by atoms with Crippen molar-refractivity contribution in [1.82, 2.24) is 0 Å². The Bertz CT molecular complexity index is 246. The maximum absolute atomic E-state index is 4.74. The van der Waals surface area contributed by atoms with E-state index >= 15 is 0 Å². The normalized spacial score (nSPS) is 21.1. The van der Waals surface area contributed by atoms with Crippen LogP contribution in [0.25, 0.3) is 0 Å². The van der Waals surface area contributed by atoms with Crippen LogP contribution in [0.3, 0.4) is 0 Å². The van der Waals surface area contributed by atoms with E-state index in [-0.39, 0.29) is 4.75 Å². The highest BCUT2D eigenvalue weighted by Crippen LogP contribution is 2.34. The molecule has 0 saturated carbocycles. The average molecular weight is 210 g/mol. The Morgan fingerprint density at radius 2 is 2.14 bits per heavy atom. The van der Waals surface area contributed by atoms with Gasteiger partial charge in [-0.15, -0.1) is 0 Å². The minimum absolute atomic E-state index is 0.104. The highest BCUT2D eigenvalue weighted by atomic mass is 32.1. The zero-order chi connectivity index (χ0) is 10.6. The van der Waals surface area contributed by atoms with Crippen molar-refractivity contribution in [1.29, 1.82) is 0 Å². The second-order valence-corrected chi connectivity index (χ2v) is 5.35. The second-order valence-electron chi connectivity index (χ2n) is 4.36. The Kier molecular flexibility index (Phi) is 4.31. The third-order valence-electron chi connectivity index (χ3n) is 3.10. The first-order valence-electron chi connectivity index (χ1n) is 5.72. The molecule has 1 heteroatoms. The third-order valence-corrected chi connectivity index (χ3v) is 3.70. The van der Waals surface area contributed by atoms with Crippen molar-refractivity contribution in [2.75, 3.05) is 0 Å². The predicted octanol–water partition coefficient (Wildman–Crippen LogP) is 4.53. The van der Waals surface area contributed by atoms with Crippen LogP contribution in [0.5, 0.6) is 0 Å². The first-order chi connectivity index (χ1) is 6.60. The lowest BCUT2D eigenvalue weighted by atomic mass is 9.87. The van der Waals surface area contributed by atoms with Gasteiger partial charge < -0.3 is 0 Å². The Morgan fingerprint density at radius 1 is 1.43 bits per heavy atom. The van der Waals surface area contributed by atoms with Crippen molar-refractivity contribution in [2.24, 2.45) is 0 Å². The van der Waals surface area contributed by atoms with E-state index in [2.05, 4.69) is 32.9 Å². The van der Waals surface area contributed by atoms with Gasteiger partial charge in [0.25, 0.3) is 0 Å². The Labute approximate surface area is 93.9 Å². The topological polar surface area (TPSA) is 0 Å². The molecule has 1 aliphatic rings. The molecular weight excluding hydrogens is 188 g/mol. The highest BCUT2D eigenvalue weighted by molar-refractivity contribution is 7.82. The van der Waals surface area contributed by atoms with Crippen LogP contribution in [0.2, 0.25) is 0 Å². The molecule has 0 nitrogen and oxygen atoms in total. The van der Waals surface area contributed by atoms with E-state index < -0.39 is 0 Å². The van der Waals surface area contributed by atoms with E-state index in [0.29, 0.717) is 0 Å². The molecule has 1 unspecified atom stereocenters. The molecule has 1 atom stereocenters. The maximum atomic E-state index is 4.74. The van der Waals surface area contributed by atoms with Crippen molar-refractivity contribution in [3.05, 3.63) is 23.3 Å². The summed E-state index contributed by atoms with van der Waals surface area (Å²) in [6.07, 6.45) is 10.7. The average Bonchev–Trinajstić information content (AvgIpc) is 2.19. The summed E-state index contributed by atoms with van der Waals surface area (Å²) in [6, 6.07) is 0. The molecule has 0 amide bonds. The van der Waals surface area contributed by atoms with Crippen LogP contribution in [0.15, 0.2) is 23.3 Å². The molecule has 0 fully saturated rings. The van der Waals surface area contributed by atoms with Gasteiger partial charge in [-0.2, -0.15) is 12.6 Å². The van der Waals surface area contributed by atoms with Gasteiger partial charge in [-0.05, 0) is 32.6 Å². The van der Waals surface area contributed by atoms with Crippen molar-refractivity contribution in [3.8, 4) is 0 Å². The first kappa shape index (κ1) is 11.9. The molecule has 0 N–H and O–H groups in total. The third kappa shape index (κ3) is 2.91. The van der Waals surface area contributed by atoms with E-state index in [9.17, 15) is 0 Å². The summed E-state index contributed by atoms with van der Waals surface area (Å²) < 4.78 is 0.104. The van der Waals surface area contributed by atoms with E-state index in [4.69, 9.17) is 12.6 Å². The largest absolute Gasteiger partial charge is 0.168 e. The molecule has 0 bridgehead atoms. The predicted molar refractivity (Wildman–Crippen MR) is 68.0 cm³/mol. The number of rotatable bonds is 4. The molecule has 0 aromatic carbocycles. The molecule has 0 aromatic heterocycles. The van der Waals surface area contributed by atoms with Crippen LogP contribution in [-0.4, -0.2) is 4.75 Å². The number of thiol groups is 1. The standard InChI is InChI=1S/C13H22S/c1-4-7-11-8-6-9-12(10-11)13(3,14)5-2/h8,10,14H,4-7,9H2,1-3H3. The van der Waals surface area contributed by atoms with Crippen LogP contribution in [-0.2, 0) is 0 Å². The minimum atomic E-state index is 0.104. The molecule has 0 aliphatic heterocycles. The van der Waals surface area contributed by atoms with E-state index in [0.717, 1.165) is 6.42 Å².